The van der Waals surface area contributed by atoms with Crippen LogP contribution in [0.15, 0.2) is 23.6 Å². The first-order valence-electron chi connectivity index (χ1n) is 5.95. The van der Waals surface area contributed by atoms with E-state index >= 15 is 0 Å². The molecule has 0 aliphatic rings. The highest BCUT2D eigenvalue weighted by Gasteiger charge is 2.11. The zero-order valence-corrected chi connectivity index (χ0v) is 12.6. The minimum absolute atomic E-state index is 0.0286. The fourth-order valence-electron chi connectivity index (χ4n) is 1.59. The van der Waals surface area contributed by atoms with E-state index in [1.165, 1.54) is 16.7 Å². The normalized spacial score (nSPS) is 10.2. The smallest absolute Gasteiger partial charge is 0.355 e. The van der Waals surface area contributed by atoms with Crippen LogP contribution in [-0.4, -0.2) is 22.1 Å². The van der Waals surface area contributed by atoms with Gasteiger partial charge in [0.1, 0.15) is 5.01 Å². The molecule has 0 saturated carbocycles. The van der Waals surface area contributed by atoms with Crippen LogP contribution in [0.2, 0.25) is 5.02 Å². The van der Waals surface area contributed by atoms with E-state index in [1.54, 1.807) is 12.1 Å². The van der Waals surface area contributed by atoms with Gasteiger partial charge in [-0.15, -0.1) is 11.3 Å². The lowest BCUT2D eigenvalue weighted by Gasteiger charge is -2.10. The summed E-state index contributed by atoms with van der Waals surface area (Å²) in [6, 6.07) is 4.88. The van der Waals surface area contributed by atoms with Crippen molar-refractivity contribution in [1.82, 2.24) is 10.3 Å². The molecule has 8 heteroatoms. The first-order valence-corrected chi connectivity index (χ1v) is 7.21. The molecule has 2 aromatic rings. The topological polar surface area (TPSA) is 91.3 Å². The second-order valence-electron chi connectivity index (χ2n) is 4.17. The molecule has 0 aliphatic carbocycles. The van der Waals surface area contributed by atoms with Gasteiger partial charge in [0.05, 0.1) is 17.3 Å². The SMILES string of the molecule is Cc1cccc(Cl)c1NC(=O)NCc1nc(C(=O)O)cs1. The molecule has 0 fully saturated rings. The van der Waals surface area contributed by atoms with Crippen LogP contribution in [0.4, 0.5) is 10.5 Å². The summed E-state index contributed by atoms with van der Waals surface area (Å²) in [4.78, 5) is 26.4. The van der Waals surface area contributed by atoms with E-state index in [0.29, 0.717) is 15.7 Å². The molecule has 3 N–H and O–H groups in total. The number of aromatic carboxylic acids is 1. The van der Waals surface area contributed by atoms with Crippen LogP contribution < -0.4 is 10.6 Å². The summed E-state index contributed by atoms with van der Waals surface area (Å²) >= 11 is 7.18. The molecular weight excluding hydrogens is 314 g/mol. The van der Waals surface area contributed by atoms with Crippen molar-refractivity contribution in [2.75, 3.05) is 5.32 Å². The third-order valence-corrected chi connectivity index (χ3v) is 3.80. The number of nitrogens with one attached hydrogen (secondary N) is 2. The average molecular weight is 326 g/mol. The van der Waals surface area contributed by atoms with Crippen molar-refractivity contribution in [2.45, 2.75) is 13.5 Å². The zero-order valence-electron chi connectivity index (χ0n) is 11.0. The molecular formula is C13H12ClN3O3S. The number of para-hydroxylation sites is 1. The third-order valence-electron chi connectivity index (χ3n) is 2.63. The Bertz CT molecular complexity index is 667. The molecule has 0 unspecified atom stereocenters. The fourth-order valence-corrected chi connectivity index (χ4v) is 2.57. The number of urea groups is 1. The highest BCUT2D eigenvalue weighted by molar-refractivity contribution is 7.09. The summed E-state index contributed by atoms with van der Waals surface area (Å²) in [5, 5.41) is 16.4. The maximum absolute atomic E-state index is 11.8. The highest BCUT2D eigenvalue weighted by Crippen LogP contribution is 2.24. The largest absolute Gasteiger partial charge is 0.476 e. The van der Waals surface area contributed by atoms with E-state index in [1.807, 2.05) is 13.0 Å². The van der Waals surface area contributed by atoms with Crippen LogP contribution in [0.5, 0.6) is 0 Å². The van der Waals surface area contributed by atoms with E-state index in [9.17, 15) is 9.59 Å². The van der Waals surface area contributed by atoms with Crippen molar-refractivity contribution in [1.29, 1.82) is 0 Å². The molecule has 1 aromatic heterocycles. The second-order valence-corrected chi connectivity index (χ2v) is 5.52. The lowest BCUT2D eigenvalue weighted by Crippen LogP contribution is -2.28. The number of aryl methyl sites for hydroxylation is 1. The van der Waals surface area contributed by atoms with Gasteiger partial charge in [-0.2, -0.15) is 0 Å². The Balaban J connectivity index is 1.94. The van der Waals surface area contributed by atoms with Gasteiger partial charge in [0.2, 0.25) is 0 Å². The van der Waals surface area contributed by atoms with Crippen LogP contribution >= 0.6 is 22.9 Å². The molecule has 0 bridgehead atoms. The van der Waals surface area contributed by atoms with Crippen molar-refractivity contribution in [2.24, 2.45) is 0 Å². The van der Waals surface area contributed by atoms with Gasteiger partial charge in [-0.3, -0.25) is 0 Å². The van der Waals surface area contributed by atoms with Crippen molar-refractivity contribution < 1.29 is 14.7 Å². The predicted molar refractivity (Wildman–Crippen MR) is 81.1 cm³/mol. The summed E-state index contributed by atoms with van der Waals surface area (Å²) in [6.07, 6.45) is 0. The molecule has 0 spiro atoms. The van der Waals surface area contributed by atoms with Crippen molar-refractivity contribution in [3.63, 3.8) is 0 Å². The summed E-state index contributed by atoms with van der Waals surface area (Å²) < 4.78 is 0. The molecule has 0 aliphatic heterocycles. The quantitative estimate of drug-likeness (QED) is 0.805. The van der Waals surface area contributed by atoms with Crippen molar-refractivity contribution in [3.05, 3.63) is 44.9 Å². The number of amides is 2. The molecule has 1 heterocycles. The number of carboxylic acids is 1. The maximum atomic E-state index is 11.8. The third kappa shape index (κ3) is 3.93. The van der Waals surface area contributed by atoms with Crippen LogP contribution in [0, 0.1) is 6.92 Å². The number of hydrogen-bond donors (Lipinski definition) is 3. The van der Waals surface area contributed by atoms with Crippen molar-refractivity contribution >= 4 is 40.6 Å². The molecule has 0 saturated heterocycles. The number of carbonyl (C=O) groups excluding carboxylic acids is 1. The first kappa shape index (κ1) is 15.3. The van der Waals surface area contributed by atoms with Crippen LogP contribution in [0.25, 0.3) is 0 Å². The maximum Gasteiger partial charge on any atom is 0.355 e. The van der Waals surface area contributed by atoms with Gasteiger partial charge >= 0.3 is 12.0 Å². The number of carboxylic acid groups (broad SMARTS) is 1. The van der Waals surface area contributed by atoms with E-state index in [0.717, 1.165) is 5.56 Å². The number of nitrogens with zero attached hydrogens (tertiary/aromatic N) is 1. The first-order chi connectivity index (χ1) is 9.97. The lowest BCUT2D eigenvalue weighted by molar-refractivity contribution is 0.0691. The average Bonchev–Trinajstić information content (AvgIpc) is 2.90. The van der Waals surface area contributed by atoms with E-state index in [2.05, 4.69) is 15.6 Å². The number of hydrogen-bond acceptors (Lipinski definition) is 4. The highest BCUT2D eigenvalue weighted by atomic mass is 35.5. The van der Waals surface area contributed by atoms with Gasteiger partial charge in [-0.05, 0) is 18.6 Å². The van der Waals surface area contributed by atoms with Crippen LogP contribution in [-0.2, 0) is 6.54 Å². The molecule has 110 valence electrons. The predicted octanol–water partition coefficient (Wildman–Crippen LogP) is 3.12. The van der Waals surface area contributed by atoms with E-state index in [-0.39, 0.29) is 12.2 Å². The molecule has 2 amide bonds. The minimum atomic E-state index is -1.09. The summed E-state index contributed by atoms with van der Waals surface area (Å²) in [5.74, 6) is -1.09. The summed E-state index contributed by atoms with van der Waals surface area (Å²) in [6.45, 7) is 1.98. The van der Waals surface area contributed by atoms with Crippen LogP contribution in [0.1, 0.15) is 21.1 Å². The monoisotopic (exact) mass is 325 g/mol. The molecule has 0 radical (unpaired) electrons. The van der Waals surface area contributed by atoms with Gasteiger partial charge in [0.15, 0.2) is 5.69 Å². The van der Waals surface area contributed by atoms with Gasteiger partial charge < -0.3 is 15.7 Å². The molecule has 0 atom stereocenters. The number of carbonyl (C=O) groups is 2. The number of thiazole rings is 1. The van der Waals surface area contributed by atoms with Gasteiger partial charge in [0, 0.05) is 5.38 Å². The zero-order chi connectivity index (χ0) is 15.4. The fraction of sp³-hybridized carbons (Fsp3) is 0.154. The summed E-state index contributed by atoms with van der Waals surface area (Å²) in [7, 11) is 0. The van der Waals surface area contributed by atoms with Gasteiger partial charge in [0.25, 0.3) is 0 Å². The number of aromatic nitrogens is 1. The van der Waals surface area contributed by atoms with E-state index in [4.69, 9.17) is 16.7 Å². The molecule has 21 heavy (non-hydrogen) atoms. The Morgan fingerprint density at radius 3 is 2.81 bits per heavy atom. The Morgan fingerprint density at radius 2 is 2.19 bits per heavy atom. The number of rotatable bonds is 4. The lowest BCUT2D eigenvalue weighted by atomic mass is 10.2. The molecule has 6 nitrogen and oxygen atoms in total. The number of anilines is 1. The Labute approximate surface area is 129 Å². The number of halogens is 1. The molecule has 1 aromatic carbocycles. The molecule has 2 rings (SSSR count). The summed E-state index contributed by atoms with van der Waals surface area (Å²) in [5.41, 5.74) is 1.36. The Kier molecular flexibility index (Phi) is 4.77. The Morgan fingerprint density at radius 1 is 1.43 bits per heavy atom. The number of benzene rings is 1. The van der Waals surface area contributed by atoms with Crippen LogP contribution in [0.3, 0.4) is 0 Å². The van der Waals surface area contributed by atoms with Gasteiger partial charge in [-0.1, -0.05) is 23.7 Å². The standard InChI is InChI=1S/C13H12ClN3O3S/c1-7-3-2-4-8(14)11(7)17-13(20)15-5-10-16-9(6-21-10)12(18)19/h2-4,6H,5H2,1H3,(H,18,19)(H2,15,17,20). The Hall–Kier alpha value is -2.12. The minimum Gasteiger partial charge on any atom is -0.476 e. The second kappa shape index (κ2) is 6.55. The van der Waals surface area contributed by atoms with E-state index < -0.39 is 12.0 Å². The van der Waals surface area contributed by atoms with Crippen molar-refractivity contribution in [3.8, 4) is 0 Å². The van der Waals surface area contributed by atoms with Gasteiger partial charge in [-0.25, -0.2) is 14.6 Å².